The molecular formula is C13H22N7O+. The molecule has 2 aromatic rings. The molecule has 1 saturated heterocycles. The third-order valence-electron chi connectivity index (χ3n) is 3.88. The number of hydrogen-bond donors (Lipinski definition) is 4. The Morgan fingerprint density at radius 2 is 2.19 bits per heavy atom. The van der Waals surface area contributed by atoms with E-state index in [9.17, 15) is 5.11 Å². The molecule has 3 heterocycles. The Hall–Kier alpha value is -1.93. The number of imidazole rings is 1. The highest BCUT2D eigenvalue weighted by atomic mass is 16.3. The summed E-state index contributed by atoms with van der Waals surface area (Å²) in [6.07, 6.45) is 1.08. The Balaban J connectivity index is 1.98. The van der Waals surface area contributed by atoms with Crippen molar-refractivity contribution >= 4 is 17.1 Å². The van der Waals surface area contributed by atoms with Crippen LogP contribution in [-0.4, -0.2) is 64.0 Å². The number of piperazine rings is 1. The minimum atomic E-state index is -0.482. The molecule has 0 spiro atoms. The van der Waals surface area contributed by atoms with Gasteiger partial charge in [0.2, 0.25) is 5.95 Å². The second-order valence-electron chi connectivity index (χ2n) is 5.80. The number of nitrogens with one attached hydrogen (secondary N) is 3. The SMILES string of the molecule is C[C@H](O)Cn1cnc(=N)c2[nH]c(N3CC[NH+](C)CC3)nc21. The first-order chi connectivity index (χ1) is 10.0. The highest BCUT2D eigenvalue weighted by molar-refractivity contribution is 5.72. The molecule has 0 saturated carbocycles. The van der Waals surface area contributed by atoms with Crippen LogP contribution in [0.5, 0.6) is 0 Å². The van der Waals surface area contributed by atoms with Gasteiger partial charge < -0.3 is 24.5 Å². The molecule has 2 aromatic heterocycles. The average molecular weight is 292 g/mol. The maximum absolute atomic E-state index is 9.57. The number of nitrogens with zero attached hydrogens (tertiary/aromatic N) is 4. The molecule has 8 heteroatoms. The number of aliphatic hydroxyl groups excluding tert-OH is 1. The summed E-state index contributed by atoms with van der Waals surface area (Å²) in [5.41, 5.74) is 1.49. The van der Waals surface area contributed by atoms with Crippen LogP contribution in [0.25, 0.3) is 11.2 Å². The summed E-state index contributed by atoms with van der Waals surface area (Å²) in [5, 5.41) is 17.5. The molecule has 0 unspecified atom stereocenters. The Kier molecular flexibility index (Phi) is 3.64. The zero-order valence-corrected chi connectivity index (χ0v) is 12.4. The normalized spacial score (nSPS) is 18.3. The number of likely N-dealkylation sites (N-methyl/N-ethyl adjacent to an activating group) is 1. The largest absolute Gasteiger partial charge is 0.392 e. The topological polar surface area (TPSA) is 98.3 Å². The lowest BCUT2D eigenvalue weighted by molar-refractivity contribution is -0.880. The number of rotatable bonds is 3. The van der Waals surface area contributed by atoms with Crippen molar-refractivity contribution in [2.45, 2.75) is 19.6 Å². The van der Waals surface area contributed by atoms with Gasteiger partial charge in [0.1, 0.15) is 5.52 Å². The van der Waals surface area contributed by atoms with Crippen molar-refractivity contribution < 1.29 is 10.0 Å². The lowest BCUT2D eigenvalue weighted by Crippen LogP contribution is -3.12. The predicted octanol–water partition coefficient (Wildman–Crippen LogP) is -2.05. The highest BCUT2D eigenvalue weighted by Crippen LogP contribution is 2.14. The van der Waals surface area contributed by atoms with E-state index in [0.29, 0.717) is 17.7 Å². The Bertz CT molecular complexity index is 681. The van der Waals surface area contributed by atoms with Gasteiger partial charge in [-0.2, -0.15) is 4.98 Å². The molecule has 0 amide bonds. The summed E-state index contributed by atoms with van der Waals surface area (Å²) in [7, 11) is 2.19. The van der Waals surface area contributed by atoms with Crippen molar-refractivity contribution in [3.05, 3.63) is 11.8 Å². The van der Waals surface area contributed by atoms with Gasteiger partial charge in [-0.3, -0.25) is 5.41 Å². The smallest absolute Gasteiger partial charge is 0.205 e. The molecule has 1 atom stereocenters. The Morgan fingerprint density at radius 3 is 2.86 bits per heavy atom. The second kappa shape index (κ2) is 5.45. The van der Waals surface area contributed by atoms with Gasteiger partial charge in [0.15, 0.2) is 11.1 Å². The molecule has 0 bridgehead atoms. The van der Waals surface area contributed by atoms with Crippen LogP contribution in [0.2, 0.25) is 0 Å². The quantitative estimate of drug-likeness (QED) is 0.523. The molecule has 0 aliphatic carbocycles. The Labute approximate surface area is 122 Å². The van der Waals surface area contributed by atoms with Crippen LogP contribution in [0.15, 0.2) is 6.33 Å². The van der Waals surface area contributed by atoms with Gasteiger partial charge >= 0.3 is 0 Å². The molecule has 1 aliphatic heterocycles. The zero-order valence-electron chi connectivity index (χ0n) is 12.4. The monoisotopic (exact) mass is 292 g/mol. The highest BCUT2D eigenvalue weighted by Gasteiger charge is 2.20. The van der Waals surface area contributed by atoms with Gasteiger partial charge in [0, 0.05) is 0 Å². The zero-order chi connectivity index (χ0) is 15.0. The molecule has 8 nitrogen and oxygen atoms in total. The van der Waals surface area contributed by atoms with Crippen molar-refractivity contribution in [1.29, 1.82) is 5.41 Å². The van der Waals surface area contributed by atoms with Gasteiger partial charge in [-0.05, 0) is 6.92 Å². The van der Waals surface area contributed by atoms with E-state index in [1.54, 1.807) is 17.8 Å². The number of quaternary nitrogens is 1. The third kappa shape index (κ3) is 2.77. The fourth-order valence-electron chi connectivity index (χ4n) is 2.64. The van der Waals surface area contributed by atoms with E-state index in [-0.39, 0.29) is 5.49 Å². The molecule has 1 fully saturated rings. The minimum absolute atomic E-state index is 0.186. The molecule has 3 rings (SSSR count). The van der Waals surface area contributed by atoms with Crippen LogP contribution < -0.4 is 15.3 Å². The van der Waals surface area contributed by atoms with Gasteiger partial charge in [0.25, 0.3) is 0 Å². The van der Waals surface area contributed by atoms with Crippen molar-refractivity contribution in [1.82, 2.24) is 19.5 Å². The van der Waals surface area contributed by atoms with E-state index in [4.69, 9.17) is 5.41 Å². The maximum atomic E-state index is 9.57. The van der Waals surface area contributed by atoms with Crippen molar-refractivity contribution in [3.63, 3.8) is 0 Å². The fourth-order valence-corrected chi connectivity index (χ4v) is 2.64. The van der Waals surface area contributed by atoms with Gasteiger partial charge in [-0.1, -0.05) is 0 Å². The lowest BCUT2D eigenvalue weighted by atomic mass is 10.3. The summed E-state index contributed by atoms with van der Waals surface area (Å²) in [5.74, 6) is 0.790. The molecule has 4 N–H and O–H groups in total. The summed E-state index contributed by atoms with van der Waals surface area (Å²) < 4.78 is 1.79. The van der Waals surface area contributed by atoms with Crippen LogP contribution in [-0.2, 0) is 6.54 Å². The van der Waals surface area contributed by atoms with Crippen LogP contribution in [0.1, 0.15) is 6.92 Å². The molecule has 1 aliphatic rings. The van der Waals surface area contributed by atoms with Crippen molar-refractivity contribution in [2.75, 3.05) is 38.1 Å². The number of aromatic amines is 1. The van der Waals surface area contributed by atoms with Crippen molar-refractivity contribution in [2.24, 2.45) is 0 Å². The maximum Gasteiger partial charge on any atom is 0.205 e. The van der Waals surface area contributed by atoms with Crippen molar-refractivity contribution in [3.8, 4) is 0 Å². The summed E-state index contributed by atoms with van der Waals surface area (Å²) in [4.78, 5) is 15.6. The van der Waals surface area contributed by atoms with Crippen LogP contribution in [0.4, 0.5) is 5.95 Å². The van der Waals surface area contributed by atoms with E-state index < -0.39 is 6.10 Å². The van der Waals surface area contributed by atoms with E-state index in [1.165, 1.54) is 4.90 Å². The van der Waals surface area contributed by atoms with Gasteiger partial charge in [0.05, 0.1) is 52.2 Å². The minimum Gasteiger partial charge on any atom is -0.392 e. The fraction of sp³-hybridized carbons (Fsp3) is 0.615. The summed E-state index contributed by atoms with van der Waals surface area (Å²) >= 11 is 0. The molecule has 21 heavy (non-hydrogen) atoms. The first-order valence-corrected chi connectivity index (χ1v) is 7.28. The molecule has 114 valence electrons. The third-order valence-corrected chi connectivity index (χ3v) is 3.88. The number of aromatic nitrogens is 4. The number of hydrogen-bond acceptors (Lipinski definition) is 5. The average Bonchev–Trinajstić information content (AvgIpc) is 2.88. The predicted molar refractivity (Wildman–Crippen MR) is 78.2 cm³/mol. The van der Waals surface area contributed by atoms with E-state index in [2.05, 4.69) is 26.9 Å². The van der Waals surface area contributed by atoms with E-state index >= 15 is 0 Å². The standard InChI is InChI=1S/C13H21N7O/c1-9(21)7-20-8-15-11(14)10-12(20)17-13(16-10)19-5-3-18(2)4-6-19/h8-9,14,21H,3-7H2,1-2H3,(H,16,17)/p+1/t9-/m0/s1. The van der Waals surface area contributed by atoms with E-state index in [1.807, 2.05) is 0 Å². The summed E-state index contributed by atoms with van der Waals surface area (Å²) in [6, 6.07) is 0. The molecule has 0 radical (unpaired) electrons. The van der Waals surface area contributed by atoms with Crippen LogP contribution >= 0.6 is 0 Å². The number of fused-ring (bicyclic) bond motifs is 1. The van der Waals surface area contributed by atoms with Crippen LogP contribution in [0, 0.1) is 5.41 Å². The van der Waals surface area contributed by atoms with Crippen LogP contribution in [0.3, 0.4) is 0 Å². The first-order valence-electron chi connectivity index (χ1n) is 7.28. The van der Waals surface area contributed by atoms with E-state index in [0.717, 1.165) is 32.1 Å². The van der Waals surface area contributed by atoms with Gasteiger partial charge in [-0.25, -0.2) is 4.98 Å². The molecule has 0 aromatic carbocycles. The second-order valence-corrected chi connectivity index (χ2v) is 5.80. The summed E-state index contributed by atoms with van der Waals surface area (Å²) in [6.45, 7) is 6.20. The molecular weight excluding hydrogens is 270 g/mol. The first kappa shape index (κ1) is 14.0. The van der Waals surface area contributed by atoms with Gasteiger partial charge in [-0.15, -0.1) is 0 Å². The Morgan fingerprint density at radius 1 is 1.48 bits per heavy atom. The number of anilines is 1. The lowest BCUT2D eigenvalue weighted by Gasteiger charge is -2.29. The number of H-pyrrole nitrogens is 1. The number of aliphatic hydroxyl groups is 1.